The van der Waals surface area contributed by atoms with Crippen LogP contribution in [0.25, 0.3) is 44.6 Å². The second-order valence-electron chi connectivity index (χ2n) is 7.66. The Bertz CT molecular complexity index is 1330. The van der Waals surface area contributed by atoms with E-state index in [0.717, 1.165) is 76.2 Å². The molecule has 5 aromatic rings. The SMILES string of the molecule is c1cncc(-c2cncc3[nH]c(-c4n[nH]c5cnc(C6CCNCC6)cc45)nc23)c1. The van der Waals surface area contributed by atoms with Gasteiger partial charge in [-0.15, -0.1) is 0 Å². The number of aromatic amines is 2. The molecule has 0 atom stereocenters. The molecule has 1 saturated heterocycles. The maximum atomic E-state index is 4.89. The Morgan fingerprint density at radius 3 is 2.77 bits per heavy atom. The first-order chi connectivity index (χ1) is 14.9. The number of hydrogen-bond acceptors (Lipinski definition) is 6. The van der Waals surface area contributed by atoms with Crippen LogP contribution in [0.3, 0.4) is 0 Å². The summed E-state index contributed by atoms with van der Waals surface area (Å²) in [6, 6.07) is 6.09. The summed E-state index contributed by atoms with van der Waals surface area (Å²) in [5.41, 5.74) is 6.50. The molecule has 148 valence electrons. The summed E-state index contributed by atoms with van der Waals surface area (Å²) < 4.78 is 0. The van der Waals surface area contributed by atoms with E-state index in [4.69, 9.17) is 4.98 Å². The third-order valence-electron chi connectivity index (χ3n) is 5.82. The largest absolute Gasteiger partial charge is 0.335 e. The Morgan fingerprint density at radius 2 is 1.90 bits per heavy atom. The van der Waals surface area contributed by atoms with E-state index in [-0.39, 0.29) is 0 Å². The molecule has 0 amide bonds. The fraction of sp³-hybridized carbons (Fsp3) is 0.227. The van der Waals surface area contributed by atoms with Gasteiger partial charge in [-0.2, -0.15) is 5.10 Å². The van der Waals surface area contributed by atoms with Gasteiger partial charge >= 0.3 is 0 Å². The second kappa shape index (κ2) is 7.00. The molecule has 8 heteroatoms. The number of fused-ring (bicyclic) bond motifs is 2. The van der Waals surface area contributed by atoms with Gasteiger partial charge in [-0.1, -0.05) is 6.07 Å². The maximum absolute atomic E-state index is 4.89. The van der Waals surface area contributed by atoms with Crippen molar-refractivity contribution in [2.75, 3.05) is 13.1 Å². The lowest BCUT2D eigenvalue weighted by molar-refractivity contribution is 0.453. The highest BCUT2D eigenvalue weighted by Crippen LogP contribution is 2.32. The van der Waals surface area contributed by atoms with E-state index in [1.807, 2.05) is 30.7 Å². The Kier molecular flexibility index (Phi) is 4.02. The molecular formula is C22H20N8. The Morgan fingerprint density at radius 1 is 0.967 bits per heavy atom. The molecule has 0 aliphatic carbocycles. The summed E-state index contributed by atoms with van der Waals surface area (Å²) in [7, 11) is 0. The normalized spacial score (nSPS) is 15.2. The lowest BCUT2D eigenvalue weighted by Gasteiger charge is -2.21. The van der Waals surface area contributed by atoms with Gasteiger partial charge in [0, 0.05) is 46.7 Å². The van der Waals surface area contributed by atoms with E-state index in [1.54, 1.807) is 12.4 Å². The van der Waals surface area contributed by atoms with Gasteiger partial charge in [0.25, 0.3) is 0 Å². The lowest BCUT2D eigenvalue weighted by Crippen LogP contribution is -2.27. The summed E-state index contributed by atoms with van der Waals surface area (Å²) in [6.45, 7) is 2.08. The van der Waals surface area contributed by atoms with Crippen molar-refractivity contribution in [3.63, 3.8) is 0 Å². The molecule has 1 aliphatic heterocycles. The number of pyridine rings is 3. The standard InChI is InChI=1S/C22H20N8/c1-2-14(9-24-5-1)16-10-25-11-19-20(16)28-22(27-19)21-15-8-17(13-3-6-23-7-4-13)26-12-18(15)29-30-21/h1-2,5,8-13,23H,3-4,6-7H2,(H,27,28)(H,29,30). The van der Waals surface area contributed by atoms with Crippen molar-refractivity contribution in [1.82, 2.24) is 40.4 Å². The Balaban J connectivity index is 1.47. The van der Waals surface area contributed by atoms with Crippen molar-refractivity contribution < 1.29 is 0 Å². The summed E-state index contributed by atoms with van der Waals surface area (Å²) in [5, 5.41) is 12.1. The summed E-state index contributed by atoms with van der Waals surface area (Å²) >= 11 is 0. The van der Waals surface area contributed by atoms with Crippen LogP contribution in [0.15, 0.2) is 49.2 Å². The predicted molar refractivity (Wildman–Crippen MR) is 115 cm³/mol. The van der Waals surface area contributed by atoms with Gasteiger partial charge in [0.2, 0.25) is 0 Å². The van der Waals surface area contributed by atoms with Gasteiger partial charge < -0.3 is 10.3 Å². The van der Waals surface area contributed by atoms with E-state index in [2.05, 4.69) is 41.5 Å². The molecule has 0 saturated carbocycles. The third-order valence-corrected chi connectivity index (χ3v) is 5.82. The van der Waals surface area contributed by atoms with Crippen LogP contribution in [-0.4, -0.2) is 48.2 Å². The molecule has 8 nitrogen and oxygen atoms in total. The van der Waals surface area contributed by atoms with Gasteiger partial charge in [-0.25, -0.2) is 4.98 Å². The van der Waals surface area contributed by atoms with Crippen LogP contribution in [0.1, 0.15) is 24.5 Å². The average Bonchev–Trinajstić information content (AvgIpc) is 3.43. The van der Waals surface area contributed by atoms with E-state index in [0.29, 0.717) is 5.92 Å². The summed E-state index contributed by atoms with van der Waals surface area (Å²) in [4.78, 5) is 21.6. The van der Waals surface area contributed by atoms with E-state index in [9.17, 15) is 0 Å². The number of hydrogen-bond donors (Lipinski definition) is 3. The zero-order valence-corrected chi connectivity index (χ0v) is 16.3. The van der Waals surface area contributed by atoms with Crippen molar-refractivity contribution in [1.29, 1.82) is 0 Å². The maximum Gasteiger partial charge on any atom is 0.159 e. The molecule has 0 unspecified atom stereocenters. The van der Waals surface area contributed by atoms with Crippen molar-refractivity contribution in [2.45, 2.75) is 18.8 Å². The van der Waals surface area contributed by atoms with Crippen LogP contribution < -0.4 is 5.32 Å². The fourth-order valence-corrected chi connectivity index (χ4v) is 4.23. The molecule has 6 rings (SSSR count). The first kappa shape index (κ1) is 17.2. The number of nitrogens with zero attached hydrogens (tertiary/aromatic N) is 5. The number of imidazole rings is 1. The highest BCUT2D eigenvalue weighted by molar-refractivity contribution is 5.96. The molecule has 6 heterocycles. The molecule has 0 bridgehead atoms. The van der Waals surface area contributed by atoms with Crippen molar-refractivity contribution in [3.05, 3.63) is 54.9 Å². The Hall–Kier alpha value is -3.65. The summed E-state index contributed by atoms with van der Waals surface area (Å²) in [5.74, 6) is 1.20. The highest BCUT2D eigenvalue weighted by atomic mass is 15.1. The number of piperidine rings is 1. The first-order valence-electron chi connectivity index (χ1n) is 10.2. The van der Waals surface area contributed by atoms with Crippen LogP contribution >= 0.6 is 0 Å². The van der Waals surface area contributed by atoms with Gasteiger partial charge in [0.15, 0.2) is 5.82 Å². The van der Waals surface area contributed by atoms with Crippen molar-refractivity contribution in [3.8, 4) is 22.6 Å². The number of nitrogens with one attached hydrogen (secondary N) is 3. The monoisotopic (exact) mass is 396 g/mol. The zero-order valence-electron chi connectivity index (χ0n) is 16.3. The van der Waals surface area contributed by atoms with Gasteiger partial charge in [-0.05, 0) is 38.1 Å². The Labute approximate surface area is 172 Å². The lowest BCUT2D eigenvalue weighted by atomic mass is 9.93. The van der Waals surface area contributed by atoms with Crippen LogP contribution in [0.5, 0.6) is 0 Å². The van der Waals surface area contributed by atoms with Gasteiger partial charge in [0.05, 0.1) is 23.4 Å². The zero-order chi connectivity index (χ0) is 19.9. The first-order valence-corrected chi connectivity index (χ1v) is 10.2. The molecule has 0 aromatic carbocycles. The average molecular weight is 396 g/mol. The molecule has 1 aliphatic rings. The smallest absolute Gasteiger partial charge is 0.159 e. The molecule has 5 aromatic heterocycles. The second-order valence-corrected chi connectivity index (χ2v) is 7.66. The van der Waals surface area contributed by atoms with Crippen LogP contribution in [0.2, 0.25) is 0 Å². The quantitative estimate of drug-likeness (QED) is 0.431. The number of H-pyrrole nitrogens is 2. The van der Waals surface area contributed by atoms with Crippen molar-refractivity contribution in [2.24, 2.45) is 0 Å². The molecule has 1 fully saturated rings. The van der Waals surface area contributed by atoms with E-state index < -0.39 is 0 Å². The van der Waals surface area contributed by atoms with E-state index in [1.165, 1.54) is 0 Å². The summed E-state index contributed by atoms with van der Waals surface area (Å²) in [6.07, 6.45) is 11.3. The van der Waals surface area contributed by atoms with Crippen LogP contribution in [-0.2, 0) is 0 Å². The van der Waals surface area contributed by atoms with Gasteiger partial charge in [-0.3, -0.25) is 20.1 Å². The topological polar surface area (TPSA) is 108 Å². The molecular weight excluding hydrogens is 376 g/mol. The fourth-order valence-electron chi connectivity index (χ4n) is 4.23. The molecule has 0 radical (unpaired) electrons. The van der Waals surface area contributed by atoms with Gasteiger partial charge in [0.1, 0.15) is 11.2 Å². The molecule has 30 heavy (non-hydrogen) atoms. The highest BCUT2D eigenvalue weighted by Gasteiger charge is 2.20. The minimum Gasteiger partial charge on any atom is -0.335 e. The molecule has 0 spiro atoms. The molecule has 3 N–H and O–H groups in total. The predicted octanol–water partition coefficient (Wildman–Crippen LogP) is 3.43. The number of rotatable bonds is 3. The van der Waals surface area contributed by atoms with Crippen molar-refractivity contribution >= 4 is 21.9 Å². The minimum absolute atomic E-state index is 0.482. The third kappa shape index (κ3) is 2.84. The van der Waals surface area contributed by atoms with Crippen LogP contribution in [0, 0.1) is 0 Å². The number of aromatic nitrogens is 7. The minimum atomic E-state index is 0.482. The van der Waals surface area contributed by atoms with Crippen LogP contribution in [0.4, 0.5) is 0 Å². The van der Waals surface area contributed by atoms with E-state index >= 15 is 0 Å².